The minimum absolute atomic E-state index is 0.0930. The zero-order chi connectivity index (χ0) is 16.4. The average molecular weight is 318 g/mol. The van der Waals surface area contributed by atoms with Crippen LogP contribution < -0.4 is 15.4 Å². The molecule has 0 aromatic heterocycles. The number of carbonyl (C=O) groups excluding carboxylic acids is 1. The Morgan fingerprint density at radius 3 is 2.55 bits per heavy atom. The molecule has 0 saturated heterocycles. The van der Waals surface area contributed by atoms with Gasteiger partial charge in [-0.05, 0) is 24.6 Å². The van der Waals surface area contributed by atoms with Gasteiger partial charge in [0.2, 0.25) is 5.91 Å². The van der Waals surface area contributed by atoms with Gasteiger partial charge in [0.05, 0.1) is 13.2 Å². The van der Waals surface area contributed by atoms with Gasteiger partial charge in [0.15, 0.2) is 6.17 Å². The number of amides is 1. The second kappa shape index (κ2) is 10.0. The fraction of sp³-hybridized carbons (Fsp3) is 0.533. The van der Waals surface area contributed by atoms with Crippen molar-refractivity contribution < 1.29 is 22.7 Å². The van der Waals surface area contributed by atoms with E-state index in [1.54, 1.807) is 12.1 Å². The third-order valence-corrected chi connectivity index (χ3v) is 2.83. The highest BCUT2D eigenvalue weighted by molar-refractivity contribution is 5.77. The molecule has 124 valence electrons. The lowest BCUT2D eigenvalue weighted by Gasteiger charge is -2.14. The van der Waals surface area contributed by atoms with Gasteiger partial charge in [0.1, 0.15) is 5.75 Å². The van der Waals surface area contributed by atoms with Crippen molar-refractivity contribution in [1.82, 2.24) is 10.6 Å². The van der Waals surface area contributed by atoms with Crippen LogP contribution in [0.5, 0.6) is 5.75 Å². The van der Waals surface area contributed by atoms with E-state index in [0.29, 0.717) is 13.1 Å². The second-order valence-electron chi connectivity index (χ2n) is 4.66. The SMILES string of the molecule is CCNC(=O)CNCc1ccc(OC(F)C(F)CCF)cc1. The molecule has 0 radical (unpaired) electrons. The van der Waals surface area contributed by atoms with Gasteiger partial charge in [0, 0.05) is 19.5 Å². The first-order chi connectivity index (χ1) is 10.6. The average Bonchev–Trinajstić information content (AvgIpc) is 2.49. The first-order valence-corrected chi connectivity index (χ1v) is 7.14. The van der Waals surface area contributed by atoms with Crippen LogP contribution in [0.15, 0.2) is 24.3 Å². The molecule has 22 heavy (non-hydrogen) atoms. The number of nitrogens with one attached hydrogen (secondary N) is 2. The van der Waals surface area contributed by atoms with Crippen LogP contribution in [-0.4, -0.2) is 38.2 Å². The number of hydrogen-bond donors (Lipinski definition) is 2. The molecule has 2 atom stereocenters. The molecule has 1 aromatic carbocycles. The van der Waals surface area contributed by atoms with Crippen molar-refractivity contribution in [3.05, 3.63) is 29.8 Å². The van der Waals surface area contributed by atoms with E-state index >= 15 is 0 Å². The van der Waals surface area contributed by atoms with Crippen molar-refractivity contribution in [1.29, 1.82) is 0 Å². The maximum Gasteiger partial charge on any atom is 0.269 e. The molecule has 2 N–H and O–H groups in total. The number of rotatable bonds is 10. The van der Waals surface area contributed by atoms with Gasteiger partial charge in [0.25, 0.3) is 6.36 Å². The quantitative estimate of drug-likeness (QED) is 0.696. The Labute approximate surface area is 128 Å². The molecule has 4 nitrogen and oxygen atoms in total. The first-order valence-electron chi connectivity index (χ1n) is 7.14. The van der Waals surface area contributed by atoms with Gasteiger partial charge in [-0.2, -0.15) is 4.39 Å². The van der Waals surface area contributed by atoms with E-state index in [-0.39, 0.29) is 18.2 Å². The van der Waals surface area contributed by atoms with Crippen molar-refractivity contribution in [2.24, 2.45) is 0 Å². The molecule has 1 aromatic rings. The van der Waals surface area contributed by atoms with E-state index in [1.165, 1.54) is 12.1 Å². The lowest BCUT2D eigenvalue weighted by molar-refractivity contribution is -0.120. The summed E-state index contributed by atoms with van der Waals surface area (Å²) in [4.78, 5) is 11.2. The fourth-order valence-corrected chi connectivity index (χ4v) is 1.71. The Balaban J connectivity index is 2.38. The molecule has 1 amide bonds. The number of ether oxygens (including phenoxy) is 1. The van der Waals surface area contributed by atoms with Crippen molar-refractivity contribution in [3.63, 3.8) is 0 Å². The number of likely N-dealkylation sites (N-methyl/N-ethyl adjacent to an activating group) is 1. The summed E-state index contributed by atoms with van der Waals surface area (Å²) in [5, 5.41) is 5.61. The molecule has 0 aliphatic heterocycles. The summed E-state index contributed by atoms with van der Waals surface area (Å²) in [6.45, 7) is 2.15. The van der Waals surface area contributed by atoms with E-state index in [0.717, 1.165) is 5.56 Å². The van der Waals surface area contributed by atoms with Gasteiger partial charge in [-0.25, -0.2) is 4.39 Å². The highest BCUT2D eigenvalue weighted by atomic mass is 19.2. The van der Waals surface area contributed by atoms with E-state index in [2.05, 4.69) is 10.6 Å². The Bertz CT molecular complexity index is 443. The Kier molecular flexibility index (Phi) is 8.35. The molecule has 0 aliphatic carbocycles. The maximum atomic E-state index is 13.3. The predicted molar refractivity (Wildman–Crippen MR) is 77.8 cm³/mol. The van der Waals surface area contributed by atoms with Gasteiger partial charge >= 0.3 is 0 Å². The summed E-state index contributed by atoms with van der Waals surface area (Å²) in [7, 11) is 0. The molecule has 0 fully saturated rings. The molecular formula is C15H21F3N2O2. The standard InChI is InChI=1S/C15H21F3N2O2/c1-2-20-14(21)10-19-9-11-3-5-12(6-4-11)22-15(18)13(17)7-8-16/h3-6,13,15,19H,2,7-10H2,1H3,(H,20,21). The summed E-state index contributed by atoms with van der Waals surface area (Å²) in [5.41, 5.74) is 0.868. The second-order valence-corrected chi connectivity index (χ2v) is 4.66. The number of hydrogen-bond acceptors (Lipinski definition) is 3. The summed E-state index contributed by atoms with van der Waals surface area (Å²) in [6.07, 6.45) is -4.69. The number of alkyl halides is 3. The highest BCUT2D eigenvalue weighted by Crippen LogP contribution is 2.18. The van der Waals surface area contributed by atoms with E-state index in [9.17, 15) is 18.0 Å². The largest absolute Gasteiger partial charge is 0.457 e. The lowest BCUT2D eigenvalue weighted by atomic mass is 10.2. The van der Waals surface area contributed by atoms with E-state index in [4.69, 9.17) is 4.74 Å². The van der Waals surface area contributed by atoms with Gasteiger partial charge in [-0.15, -0.1) is 0 Å². The molecule has 1 rings (SSSR count). The van der Waals surface area contributed by atoms with Crippen LogP contribution in [0.2, 0.25) is 0 Å². The maximum absolute atomic E-state index is 13.3. The zero-order valence-electron chi connectivity index (χ0n) is 12.5. The number of halogens is 3. The number of benzene rings is 1. The van der Waals surface area contributed by atoms with Crippen molar-refractivity contribution in [2.75, 3.05) is 19.8 Å². The Morgan fingerprint density at radius 1 is 1.27 bits per heavy atom. The lowest BCUT2D eigenvalue weighted by Crippen LogP contribution is -2.33. The van der Waals surface area contributed by atoms with Crippen molar-refractivity contribution in [2.45, 2.75) is 32.4 Å². The monoisotopic (exact) mass is 318 g/mol. The van der Waals surface area contributed by atoms with Crippen LogP contribution in [0, 0.1) is 0 Å². The molecule has 0 aliphatic rings. The highest BCUT2D eigenvalue weighted by Gasteiger charge is 2.21. The molecule has 2 unspecified atom stereocenters. The van der Waals surface area contributed by atoms with Gasteiger partial charge < -0.3 is 15.4 Å². The smallest absolute Gasteiger partial charge is 0.269 e. The molecule has 0 heterocycles. The molecule has 0 saturated carbocycles. The summed E-state index contributed by atoms with van der Waals surface area (Å²) in [5.74, 6) is 0.0751. The predicted octanol–water partition coefficient (Wildman–Crippen LogP) is 2.28. The van der Waals surface area contributed by atoms with Gasteiger partial charge in [-0.1, -0.05) is 12.1 Å². The third kappa shape index (κ3) is 6.80. The normalized spacial score (nSPS) is 13.5. The Hall–Kier alpha value is -1.76. The molecular weight excluding hydrogens is 297 g/mol. The van der Waals surface area contributed by atoms with E-state index in [1.807, 2.05) is 6.92 Å². The summed E-state index contributed by atoms with van der Waals surface area (Å²) in [6, 6.07) is 6.35. The minimum Gasteiger partial charge on any atom is -0.457 e. The van der Waals surface area contributed by atoms with Crippen LogP contribution in [0.4, 0.5) is 13.2 Å². The van der Waals surface area contributed by atoms with Crippen LogP contribution in [0.3, 0.4) is 0 Å². The third-order valence-electron chi connectivity index (χ3n) is 2.83. The van der Waals surface area contributed by atoms with Crippen molar-refractivity contribution >= 4 is 5.91 Å². The van der Waals surface area contributed by atoms with Crippen LogP contribution in [0.25, 0.3) is 0 Å². The molecule has 0 spiro atoms. The molecule has 0 bridgehead atoms. The van der Waals surface area contributed by atoms with E-state index < -0.39 is 25.6 Å². The fourth-order valence-electron chi connectivity index (χ4n) is 1.71. The van der Waals surface area contributed by atoms with Crippen LogP contribution in [-0.2, 0) is 11.3 Å². The van der Waals surface area contributed by atoms with Crippen molar-refractivity contribution in [3.8, 4) is 5.75 Å². The summed E-state index contributed by atoms with van der Waals surface area (Å²) >= 11 is 0. The molecule has 7 heteroatoms. The summed E-state index contributed by atoms with van der Waals surface area (Å²) < 4.78 is 43.1. The first kappa shape index (κ1) is 18.3. The van der Waals surface area contributed by atoms with Crippen LogP contribution >= 0.6 is 0 Å². The topological polar surface area (TPSA) is 50.4 Å². The Morgan fingerprint density at radius 2 is 1.95 bits per heavy atom. The minimum atomic E-state index is -2.18. The van der Waals surface area contributed by atoms with Gasteiger partial charge in [-0.3, -0.25) is 9.18 Å². The number of carbonyl (C=O) groups is 1. The van der Waals surface area contributed by atoms with Crippen LogP contribution in [0.1, 0.15) is 18.9 Å². The zero-order valence-corrected chi connectivity index (χ0v) is 12.5.